The Labute approximate surface area is 101 Å². The van der Waals surface area contributed by atoms with Crippen LogP contribution in [0.25, 0.3) is 0 Å². The Balaban J connectivity index is 2.36. The van der Waals surface area contributed by atoms with Crippen molar-refractivity contribution in [3.63, 3.8) is 0 Å². The van der Waals surface area contributed by atoms with Gasteiger partial charge in [0.2, 0.25) is 0 Å². The van der Waals surface area contributed by atoms with E-state index >= 15 is 0 Å². The second kappa shape index (κ2) is 4.63. The summed E-state index contributed by atoms with van der Waals surface area (Å²) in [5, 5.41) is 0. The van der Waals surface area contributed by atoms with Crippen LogP contribution in [-0.2, 0) is 0 Å². The first-order chi connectivity index (χ1) is 8.16. The van der Waals surface area contributed by atoms with Crippen molar-refractivity contribution in [2.75, 3.05) is 11.5 Å². The zero-order chi connectivity index (χ0) is 12.3. The smallest absolute Gasteiger partial charge is 0.0356 e. The van der Waals surface area contributed by atoms with Crippen LogP contribution in [0.1, 0.15) is 16.7 Å². The molecule has 84 valence electrons. The Kier molecular flexibility index (Phi) is 3.02. The highest BCUT2D eigenvalue weighted by atomic mass is 14.6. The van der Waals surface area contributed by atoms with Crippen molar-refractivity contribution in [1.82, 2.24) is 0 Å². The molecule has 0 aliphatic carbocycles. The molecule has 0 amide bonds. The van der Waals surface area contributed by atoms with Crippen molar-refractivity contribution >= 4 is 11.4 Å². The van der Waals surface area contributed by atoms with Crippen LogP contribution < -0.4 is 11.5 Å². The van der Waals surface area contributed by atoms with Gasteiger partial charge in [-0.2, -0.15) is 0 Å². The number of nitrogens with two attached hydrogens (primary N) is 2. The molecular formula is C15H14N2. The lowest BCUT2D eigenvalue weighted by Gasteiger charge is -2.01. The third kappa shape index (κ3) is 2.59. The Bertz CT molecular complexity index is 604. The van der Waals surface area contributed by atoms with Crippen LogP contribution in [0.2, 0.25) is 0 Å². The second-order valence-corrected chi connectivity index (χ2v) is 3.90. The molecule has 0 aliphatic rings. The highest BCUT2D eigenvalue weighted by molar-refractivity contribution is 5.57. The third-order valence-corrected chi connectivity index (χ3v) is 2.60. The maximum atomic E-state index is 5.83. The Hall–Kier alpha value is -2.40. The number of rotatable bonds is 0. The summed E-state index contributed by atoms with van der Waals surface area (Å²) >= 11 is 0. The van der Waals surface area contributed by atoms with Crippen molar-refractivity contribution in [3.05, 3.63) is 59.2 Å². The molecule has 0 radical (unpaired) electrons. The van der Waals surface area contributed by atoms with Crippen molar-refractivity contribution in [1.29, 1.82) is 0 Å². The maximum Gasteiger partial charge on any atom is 0.0356 e. The minimum absolute atomic E-state index is 0.723. The average Bonchev–Trinajstić information content (AvgIpc) is 2.31. The topological polar surface area (TPSA) is 52.0 Å². The summed E-state index contributed by atoms with van der Waals surface area (Å²) in [4.78, 5) is 0. The van der Waals surface area contributed by atoms with Gasteiger partial charge in [-0.3, -0.25) is 0 Å². The molecule has 2 nitrogen and oxygen atoms in total. The van der Waals surface area contributed by atoms with Crippen molar-refractivity contribution in [2.45, 2.75) is 6.92 Å². The Morgan fingerprint density at radius 3 is 2.47 bits per heavy atom. The minimum Gasteiger partial charge on any atom is -0.399 e. The molecule has 0 bridgehead atoms. The molecule has 0 heterocycles. The van der Waals surface area contributed by atoms with Gasteiger partial charge in [-0.25, -0.2) is 0 Å². The number of hydrogen-bond donors (Lipinski definition) is 2. The average molecular weight is 222 g/mol. The standard InChI is InChI=1S/C15H14N2/c1-11-13(5-3-7-15(11)17)9-8-12-4-2-6-14(16)10-12/h2-7,10H,16-17H2,1H3. The quantitative estimate of drug-likeness (QED) is 0.531. The Morgan fingerprint density at radius 1 is 0.941 bits per heavy atom. The summed E-state index contributed by atoms with van der Waals surface area (Å²) < 4.78 is 0. The zero-order valence-corrected chi connectivity index (χ0v) is 9.70. The summed E-state index contributed by atoms with van der Waals surface area (Å²) in [5.74, 6) is 6.20. The molecule has 2 heteroatoms. The summed E-state index contributed by atoms with van der Waals surface area (Å²) in [6, 6.07) is 13.3. The summed E-state index contributed by atoms with van der Waals surface area (Å²) in [7, 11) is 0. The van der Waals surface area contributed by atoms with Gasteiger partial charge in [-0.1, -0.05) is 24.0 Å². The molecule has 0 saturated carbocycles. The van der Waals surface area contributed by atoms with E-state index in [-0.39, 0.29) is 0 Å². The van der Waals surface area contributed by atoms with E-state index in [0.29, 0.717) is 0 Å². The largest absolute Gasteiger partial charge is 0.399 e. The van der Waals surface area contributed by atoms with Crippen LogP contribution in [0.5, 0.6) is 0 Å². The molecule has 0 aromatic heterocycles. The molecule has 0 spiro atoms. The van der Waals surface area contributed by atoms with E-state index in [1.54, 1.807) is 0 Å². The third-order valence-electron chi connectivity index (χ3n) is 2.60. The molecule has 0 unspecified atom stereocenters. The number of anilines is 2. The fourth-order valence-electron chi connectivity index (χ4n) is 1.54. The van der Waals surface area contributed by atoms with Gasteiger partial charge in [-0.15, -0.1) is 0 Å². The van der Waals surface area contributed by atoms with E-state index in [1.165, 1.54) is 0 Å². The first-order valence-corrected chi connectivity index (χ1v) is 5.39. The normalized spacial score (nSPS) is 9.47. The monoisotopic (exact) mass is 222 g/mol. The van der Waals surface area contributed by atoms with E-state index in [0.717, 1.165) is 28.1 Å². The Morgan fingerprint density at radius 2 is 1.71 bits per heavy atom. The van der Waals surface area contributed by atoms with E-state index < -0.39 is 0 Å². The van der Waals surface area contributed by atoms with Crippen LogP contribution in [0.15, 0.2) is 42.5 Å². The predicted molar refractivity (Wildman–Crippen MR) is 72.4 cm³/mol. The molecule has 0 atom stereocenters. The van der Waals surface area contributed by atoms with Gasteiger partial charge in [0.15, 0.2) is 0 Å². The second-order valence-electron chi connectivity index (χ2n) is 3.90. The summed E-state index contributed by atoms with van der Waals surface area (Å²) in [6.45, 7) is 1.97. The van der Waals surface area contributed by atoms with Gasteiger partial charge in [0.1, 0.15) is 0 Å². The van der Waals surface area contributed by atoms with Crippen molar-refractivity contribution in [3.8, 4) is 11.8 Å². The molecule has 4 N–H and O–H groups in total. The minimum atomic E-state index is 0.723. The fraction of sp³-hybridized carbons (Fsp3) is 0.0667. The van der Waals surface area contributed by atoms with Crippen LogP contribution >= 0.6 is 0 Å². The van der Waals surface area contributed by atoms with Gasteiger partial charge in [-0.05, 0) is 42.8 Å². The van der Waals surface area contributed by atoms with E-state index in [2.05, 4.69) is 11.8 Å². The van der Waals surface area contributed by atoms with Gasteiger partial charge >= 0.3 is 0 Å². The van der Waals surface area contributed by atoms with Crippen LogP contribution in [0.3, 0.4) is 0 Å². The number of benzene rings is 2. The molecule has 0 saturated heterocycles. The van der Waals surface area contributed by atoms with E-state index in [4.69, 9.17) is 11.5 Å². The van der Waals surface area contributed by atoms with E-state index in [9.17, 15) is 0 Å². The molecule has 17 heavy (non-hydrogen) atoms. The lowest BCUT2D eigenvalue weighted by atomic mass is 10.1. The number of hydrogen-bond acceptors (Lipinski definition) is 2. The van der Waals surface area contributed by atoms with Gasteiger partial charge in [0.25, 0.3) is 0 Å². The highest BCUT2D eigenvalue weighted by Gasteiger charge is 1.97. The molecular weight excluding hydrogens is 208 g/mol. The van der Waals surface area contributed by atoms with Crippen LogP contribution in [0, 0.1) is 18.8 Å². The predicted octanol–water partition coefficient (Wildman–Crippen LogP) is 2.56. The van der Waals surface area contributed by atoms with E-state index in [1.807, 2.05) is 49.4 Å². The first kappa shape index (κ1) is 11.1. The zero-order valence-electron chi connectivity index (χ0n) is 9.70. The first-order valence-electron chi connectivity index (χ1n) is 5.39. The lowest BCUT2D eigenvalue weighted by Crippen LogP contribution is -1.91. The van der Waals surface area contributed by atoms with Gasteiger partial charge < -0.3 is 11.5 Å². The van der Waals surface area contributed by atoms with Crippen LogP contribution in [-0.4, -0.2) is 0 Å². The van der Waals surface area contributed by atoms with Gasteiger partial charge in [0, 0.05) is 22.5 Å². The lowest BCUT2D eigenvalue weighted by molar-refractivity contribution is 1.44. The SMILES string of the molecule is Cc1c(N)cccc1C#Cc1cccc(N)c1. The summed E-state index contributed by atoms with van der Waals surface area (Å²) in [5.41, 5.74) is 15.9. The number of nitrogen functional groups attached to an aromatic ring is 2. The maximum absolute atomic E-state index is 5.83. The fourth-order valence-corrected chi connectivity index (χ4v) is 1.54. The molecule has 2 aromatic rings. The van der Waals surface area contributed by atoms with Gasteiger partial charge in [0.05, 0.1) is 0 Å². The highest BCUT2D eigenvalue weighted by Crippen LogP contribution is 2.14. The van der Waals surface area contributed by atoms with Crippen molar-refractivity contribution < 1.29 is 0 Å². The molecule has 0 fully saturated rings. The molecule has 2 rings (SSSR count). The van der Waals surface area contributed by atoms with Crippen molar-refractivity contribution in [2.24, 2.45) is 0 Å². The molecule has 2 aromatic carbocycles. The summed E-state index contributed by atoms with van der Waals surface area (Å²) in [6.07, 6.45) is 0. The van der Waals surface area contributed by atoms with Crippen LogP contribution in [0.4, 0.5) is 11.4 Å². The molecule has 0 aliphatic heterocycles.